The maximum absolute atomic E-state index is 12.3. The summed E-state index contributed by atoms with van der Waals surface area (Å²) < 4.78 is 0. The maximum Gasteiger partial charge on any atom is 0.325 e. The highest BCUT2D eigenvalue weighted by atomic mass is 16.3. The fourth-order valence-electron chi connectivity index (χ4n) is 2.87. The van der Waals surface area contributed by atoms with Crippen molar-refractivity contribution in [2.45, 2.75) is 25.2 Å². The second-order valence-electron chi connectivity index (χ2n) is 6.18. The largest absolute Gasteiger partial charge is 0.508 e. The molecule has 3 rings (SSSR count). The van der Waals surface area contributed by atoms with Crippen LogP contribution in [0.2, 0.25) is 0 Å². The third-order valence-corrected chi connectivity index (χ3v) is 4.07. The zero-order valence-corrected chi connectivity index (χ0v) is 14.3. The number of nitrogens with zero attached hydrogens (tertiary/aromatic N) is 4. The van der Waals surface area contributed by atoms with Gasteiger partial charge in [0.1, 0.15) is 5.75 Å². The number of hydrazone groups is 1. The van der Waals surface area contributed by atoms with Crippen LogP contribution in [0.15, 0.2) is 34.4 Å². The van der Waals surface area contributed by atoms with Gasteiger partial charge in [-0.1, -0.05) is 12.1 Å². The number of phenols is 1. The van der Waals surface area contributed by atoms with Crippen molar-refractivity contribution in [3.63, 3.8) is 0 Å². The summed E-state index contributed by atoms with van der Waals surface area (Å²) in [5.74, 6) is -0.0871. The molecule has 2 aliphatic heterocycles. The van der Waals surface area contributed by atoms with Gasteiger partial charge in [-0.05, 0) is 24.6 Å². The number of rotatable bonds is 4. The predicted octanol–water partition coefficient (Wildman–Crippen LogP) is -0.756. The van der Waals surface area contributed by atoms with Gasteiger partial charge in [0, 0.05) is 13.6 Å². The number of aromatic hydroxyl groups is 1. The van der Waals surface area contributed by atoms with Crippen LogP contribution >= 0.6 is 0 Å². The highest BCUT2D eigenvalue weighted by Gasteiger charge is 2.48. The number of phenolic OH excluding ortho intramolecular Hbond substituents is 1. The van der Waals surface area contributed by atoms with Crippen molar-refractivity contribution in [2.24, 2.45) is 10.1 Å². The number of imide groups is 1. The van der Waals surface area contributed by atoms with Gasteiger partial charge in [-0.3, -0.25) is 10.1 Å². The Labute approximate surface area is 149 Å². The maximum atomic E-state index is 12.3. The van der Waals surface area contributed by atoms with Crippen LogP contribution in [0.5, 0.6) is 5.75 Å². The molecule has 3 unspecified atom stereocenters. The number of nitrogens with one attached hydrogen (secondary N) is 2. The number of hydrogen-bond donors (Lipinski definition) is 4. The number of benzene rings is 1. The smallest absolute Gasteiger partial charge is 0.325 e. The molecular formula is C16H20N6O4. The van der Waals surface area contributed by atoms with E-state index in [1.165, 1.54) is 17.2 Å². The van der Waals surface area contributed by atoms with Crippen molar-refractivity contribution >= 4 is 24.1 Å². The van der Waals surface area contributed by atoms with Crippen molar-refractivity contribution in [1.29, 1.82) is 0 Å². The number of carbonyl (C=O) groups excluding carboxylic acids is 2. The Balaban J connectivity index is 1.81. The quantitative estimate of drug-likeness (QED) is 0.413. The summed E-state index contributed by atoms with van der Waals surface area (Å²) in [6.07, 6.45) is 0.0692. The molecule has 0 saturated carbocycles. The first-order valence-corrected chi connectivity index (χ1v) is 8.05. The number of aliphatic imine (C=N–C) groups is 1. The number of likely N-dealkylation sites (N-methyl/N-ethyl adjacent to an activating group) is 1. The number of fused-ring (bicyclic) bond motifs is 1. The van der Waals surface area contributed by atoms with Gasteiger partial charge in [0.2, 0.25) is 5.96 Å². The molecule has 4 N–H and O–H groups in total. The molecule has 1 aromatic carbocycles. The molecule has 10 heteroatoms. The Bertz CT molecular complexity index is 778. The van der Waals surface area contributed by atoms with Crippen molar-refractivity contribution in [3.8, 4) is 5.75 Å². The van der Waals surface area contributed by atoms with Crippen LogP contribution in [-0.2, 0) is 4.79 Å². The molecule has 26 heavy (non-hydrogen) atoms. The lowest BCUT2D eigenvalue weighted by atomic mass is 10.1. The van der Waals surface area contributed by atoms with Crippen LogP contribution in [0.1, 0.15) is 12.5 Å². The second-order valence-corrected chi connectivity index (χ2v) is 6.18. The lowest BCUT2D eigenvalue weighted by molar-refractivity contribution is -0.127. The number of guanidine groups is 1. The summed E-state index contributed by atoms with van der Waals surface area (Å²) in [6.45, 7) is 1.74. The summed E-state index contributed by atoms with van der Waals surface area (Å²) in [7, 11) is 1.54. The molecular weight excluding hydrogens is 340 g/mol. The molecule has 2 heterocycles. The van der Waals surface area contributed by atoms with Crippen molar-refractivity contribution < 1.29 is 19.8 Å². The molecule has 0 radical (unpaired) electrons. The number of β-amino-alcohol motifs (C(OH)–C–C–N with tert-alkyl or cyclic N) is 1. The number of aliphatic hydroxyl groups excluding tert-OH is 1. The van der Waals surface area contributed by atoms with Gasteiger partial charge >= 0.3 is 6.03 Å². The molecule has 0 aliphatic carbocycles. The fraction of sp³-hybridized carbons (Fsp3) is 0.375. The topological polar surface area (TPSA) is 130 Å². The van der Waals surface area contributed by atoms with E-state index in [-0.39, 0.29) is 18.3 Å². The molecule has 1 fully saturated rings. The SMILES string of the molecule is CC(O)CN1C(N/N=C/c2cccc(O)c2)=NC2C1C(=O)NC(=O)N2C. The third-order valence-electron chi connectivity index (χ3n) is 4.07. The first-order chi connectivity index (χ1) is 12.4. The zero-order valence-electron chi connectivity index (χ0n) is 14.3. The third kappa shape index (κ3) is 3.45. The molecule has 3 amide bonds. The summed E-state index contributed by atoms with van der Waals surface area (Å²) in [4.78, 5) is 31.3. The Kier molecular flexibility index (Phi) is 4.76. The first kappa shape index (κ1) is 17.7. The van der Waals surface area contributed by atoms with E-state index in [9.17, 15) is 19.8 Å². The van der Waals surface area contributed by atoms with Crippen LogP contribution < -0.4 is 10.7 Å². The van der Waals surface area contributed by atoms with Crippen molar-refractivity contribution in [2.75, 3.05) is 13.6 Å². The van der Waals surface area contributed by atoms with Gasteiger partial charge in [-0.2, -0.15) is 5.10 Å². The van der Waals surface area contributed by atoms with Crippen molar-refractivity contribution in [3.05, 3.63) is 29.8 Å². The van der Waals surface area contributed by atoms with Crippen LogP contribution in [0.3, 0.4) is 0 Å². The molecule has 3 atom stereocenters. The normalized spacial score (nSPS) is 23.7. The van der Waals surface area contributed by atoms with E-state index in [0.717, 1.165) is 0 Å². The van der Waals surface area contributed by atoms with Crippen LogP contribution in [0, 0.1) is 0 Å². The highest BCUT2D eigenvalue weighted by Crippen LogP contribution is 2.23. The second kappa shape index (κ2) is 7.00. The van der Waals surface area contributed by atoms with E-state index in [2.05, 4.69) is 20.8 Å². The predicted molar refractivity (Wildman–Crippen MR) is 93.5 cm³/mol. The average Bonchev–Trinajstić information content (AvgIpc) is 2.91. The van der Waals surface area contributed by atoms with Gasteiger partial charge in [0.15, 0.2) is 12.2 Å². The molecule has 138 valence electrons. The van der Waals surface area contributed by atoms with E-state index in [1.54, 1.807) is 37.1 Å². The van der Waals surface area contributed by atoms with Gasteiger partial charge < -0.3 is 20.0 Å². The zero-order chi connectivity index (χ0) is 18.8. The summed E-state index contributed by atoms with van der Waals surface area (Å²) in [5, 5.41) is 25.6. The van der Waals surface area contributed by atoms with Gasteiger partial charge in [0.05, 0.1) is 12.3 Å². The summed E-state index contributed by atoms with van der Waals surface area (Å²) in [6, 6.07) is 5.26. The van der Waals surface area contributed by atoms with Gasteiger partial charge in [0.25, 0.3) is 5.91 Å². The van der Waals surface area contributed by atoms with Crippen molar-refractivity contribution in [1.82, 2.24) is 20.5 Å². The molecule has 1 aromatic rings. The summed E-state index contributed by atoms with van der Waals surface area (Å²) in [5.41, 5.74) is 3.42. The molecule has 1 saturated heterocycles. The van der Waals surface area contributed by atoms with E-state index in [0.29, 0.717) is 5.56 Å². The molecule has 0 spiro atoms. The van der Waals surface area contributed by atoms with Crippen LogP contribution in [0.4, 0.5) is 4.79 Å². The van der Waals surface area contributed by atoms with Crippen LogP contribution in [-0.4, -0.2) is 76.0 Å². The standard InChI is InChI=1S/C16H20N6O4/c1-9(23)8-22-12-13(21(2)16(26)19-14(12)25)18-15(22)20-17-7-10-4-3-5-11(24)6-10/h3-7,9,12-13,23-24H,8H2,1-2H3,(H,18,20)(H,19,25,26)/b17-7+. The van der Waals surface area contributed by atoms with Gasteiger partial charge in [-0.15, -0.1) is 0 Å². The minimum Gasteiger partial charge on any atom is -0.508 e. The fourth-order valence-corrected chi connectivity index (χ4v) is 2.87. The Hall–Kier alpha value is -3.14. The molecule has 10 nitrogen and oxygen atoms in total. The van der Waals surface area contributed by atoms with E-state index in [1.807, 2.05) is 0 Å². The average molecular weight is 360 g/mol. The first-order valence-electron chi connectivity index (χ1n) is 8.05. The number of carbonyl (C=O) groups is 2. The van der Waals surface area contributed by atoms with E-state index >= 15 is 0 Å². The Morgan fingerprint density at radius 3 is 2.92 bits per heavy atom. The minimum atomic E-state index is -0.745. The van der Waals surface area contributed by atoms with Gasteiger partial charge in [-0.25, -0.2) is 15.2 Å². The van der Waals surface area contributed by atoms with Crippen LogP contribution in [0.25, 0.3) is 0 Å². The Morgan fingerprint density at radius 1 is 1.46 bits per heavy atom. The number of urea groups is 1. The Morgan fingerprint density at radius 2 is 2.23 bits per heavy atom. The number of hydrogen-bond acceptors (Lipinski definition) is 8. The molecule has 0 bridgehead atoms. The van der Waals surface area contributed by atoms with E-state index in [4.69, 9.17) is 0 Å². The number of amides is 3. The molecule has 2 aliphatic rings. The lowest BCUT2D eigenvalue weighted by Crippen LogP contribution is -2.64. The minimum absolute atomic E-state index is 0.116. The van der Waals surface area contributed by atoms with E-state index < -0.39 is 30.2 Å². The monoisotopic (exact) mass is 360 g/mol. The number of aliphatic hydroxyl groups is 1. The summed E-state index contributed by atoms with van der Waals surface area (Å²) >= 11 is 0. The lowest BCUT2D eigenvalue weighted by Gasteiger charge is -2.36. The highest BCUT2D eigenvalue weighted by molar-refractivity contribution is 6.03. The molecule has 0 aromatic heterocycles.